The Morgan fingerprint density at radius 1 is 1.00 bits per heavy atom. The normalized spacial score (nSPS) is 15.5. The fourth-order valence-electron chi connectivity index (χ4n) is 4.19. The molecule has 8 nitrogen and oxygen atoms in total. The van der Waals surface area contributed by atoms with Crippen molar-refractivity contribution in [1.82, 2.24) is 19.9 Å². The molecule has 2 aromatic carbocycles. The first-order valence-corrected chi connectivity index (χ1v) is 12.8. The molecule has 180 valence electrons. The van der Waals surface area contributed by atoms with Crippen molar-refractivity contribution in [3.8, 4) is 0 Å². The maximum Gasteiger partial charge on any atom is 0.238 e. The smallest absolute Gasteiger partial charge is 0.238 e. The molecule has 0 amide bonds. The summed E-state index contributed by atoms with van der Waals surface area (Å²) in [4.78, 5) is 16.4. The summed E-state index contributed by atoms with van der Waals surface area (Å²) in [6.45, 7) is 3.08. The first-order chi connectivity index (χ1) is 16.3. The number of likely N-dealkylation sites (tertiary alicyclic amines) is 1. The highest BCUT2D eigenvalue weighted by Crippen LogP contribution is 2.24. The van der Waals surface area contributed by atoms with Crippen LogP contribution in [-0.2, 0) is 23.1 Å². The van der Waals surface area contributed by atoms with Gasteiger partial charge in [0.2, 0.25) is 10.0 Å². The van der Waals surface area contributed by atoms with Crippen LogP contribution in [0.5, 0.6) is 0 Å². The lowest BCUT2D eigenvalue weighted by atomic mass is 9.91. The monoisotopic (exact) mass is 485 g/mol. The van der Waals surface area contributed by atoms with Crippen LogP contribution in [0.2, 0.25) is 0 Å². The van der Waals surface area contributed by atoms with E-state index in [-0.39, 0.29) is 16.5 Å². The molecule has 2 heterocycles. The van der Waals surface area contributed by atoms with Gasteiger partial charge in [-0.05, 0) is 73.7 Å². The molecule has 3 aromatic rings. The van der Waals surface area contributed by atoms with E-state index in [2.05, 4.69) is 15.1 Å². The van der Waals surface area contributed by atoms with Crippen molar-refractivity contribution in [2.75, 3.05) is 13.1 Å². The van der Waals surface area contributed by atoms with Gasteiger partial charge in [0, 0.05) is 13.0 Å². The molecule has 1 aliphatic rings. The SMILES string of the molecule is NS(=O)(=O)c1ccc(Cn2ncc(C(=O)CCC3CCN(Cc4ccc(F)cc4)CC3)n2)cc1. The zero-order valence-electron chi connectivity index (χ0n) is 18.8. The number of sulfonamides is 1. The van der Waals surface area contributed by atoms with Gasteiger partial charge in [0.25, 0.3) is 0 Å². The standard InChI is InChI=1S/C24H28FN5O3S/c25-21-6-1-19(2-7-21)16-29-13-11-18(12-14-29)5-10-24(31)23-15-27-30(28-23)17-20-3-8-22(9-4-20)34(26,32)33/h1-4,6-9,15,18H,5,10-14,16-17H2,(H2,26,32,33). The number of rotatable bonds is 9. The van der Waals surface area contributed by atoms with E-state index in [9.17, 15) is 17.6 Å². The van der Waals surface area contributed by atoms with Crippen molar-refractivity contribution in [1.29, 1.82) is 0 Å². The van der Waals surface area contributed by atoms with Crippen molar-refractivity contribution in [3.05, 3.63) is 77.4 Å². The van der Waals surface area contributed by atoms with Crippen LogP contribution in [0.4, 0.5) is 4.39 Å². The molecule has 34 heavy (non-hydrogen) atoms. The van der Waals surface area contributed by atoms with E-state index in [1.165, 1.54) is 35.3 Å². The molecule has 1 fully saturated rings. The van der Waals surface area contributed by atoms with Crippen LogP contribution >= 0.6 is 0 Å². The molecule has 10 heteroatoms. The number of carbonyl (C=O) groups excluding carboxylic acids is 1. The van der Waals surface area contributed by atoms with Gasteiger partial charge in [0.15, 0.2) is 5.78 Å². The Morgan fingerprint density at radius 3 is 2.26 bits per heavy atom. The Morgan fingerprint density at radius 2 is 1.62 bits per heavy atom. The van der Waals surface area contributed by atoms with E-state index >= 15 is 0 Å². The highest BCUT2D eigenvalue weighted by molar-refractivity contribution is 7.89. The number of Topliss-reactive ketones (excluding diaryl/α,β-unsaturated/α-hetero) is 1. The summed E-state index contributed by atoms with van der Waals surface area (Å²) in [6, 6.07) is 12.8. The van der Waals surface area contributed by atoms with Crippen LogP contribution in [-0.4, -0.2) is 47.2 Å². The zero-order valence-corrected chi connectivity index (χ0v) is 19.6. The third kappa shape index (κ3) is 6.55. The molecule has 0 unspecified atom stereocenters. The molecule has 1 aliphatic heterocycles. The van der Waals surface area contributed by atoms with Crippen LogP contribution < -0.4 is 5.14 Å². The van der Waals surface area contributed by atoms with Gasteiger partial charge in [-0.3, -0.25) is 9.69 Å². The lowest BCUT2D eigenvalue weighted by molar-refractivity contribution is 0.0955. The largest absolute Gasteiger partial charge is 0.299 e. The van der Waals surface area contributed by atoms with Gasteiger partial charge in [-0.1, -0.05) is 24.3 Å². The molecule has 0 atom stereocenters. The van der Waals surface area contributed by atoms with Crippen molar-refractivity contribution in [2.24, 2.45) is 11.1 Å². The topological polar surface area (TPSA) is 111 Å². The van der Waals surface area contributed by atoms with Gasteiger partial charge < -0.3 is 0 Å². The fraction of sp³-hybridized carbons (Fsp3) is 0.375. The van der Waals surface area contributed by atoms with Crippen molar-refractivity contribution in [2.45, 2.75) is 43.7 Å². The van der Waals surface area contributed by atoms with E-state index in [4.69, 9.17) is 5.14 Å². The number of primary sulfonamides is 1. The number of ketones is 1. The van der Waals surface area contributed by atoms with E-state index in [0.29, 0.717) is 24.6 Å². The minimum absolute atomic E-state index is 0.0236. The number of carbonyl (C=O) groups is 1. The summed E-state index contributed by atoms with van der Waals surface area (Å²) < 4.78 is 35.8. The second-order valence-electron chi connectivity index (χ2n) is 8.76. The molecule has 0 aliphatic carbocycles. The molecular formula is C24H28FN5O3S. The first kappa shape index (κ1) is 24.2. The summed E-state index contributed by atoms with van der Waals surface area (Å²) in [6.07, 6.45) is 4.81. The van der Waals surface area contributed by atoms with Crippen LogP contribution in [0.15, 0.2) is 59.6 Å². The molecule has 1 aromatic heterocycles. The third-order valence-electron chi connectivity index (χ3n) is 6.20. The average molecular weight is 486 g/mol. The summed E-state index contributed by atoms with van der Waals surface area (Å²) in [5, 5.41) is 13.6. The summed E-state index contributed by atoms with van der Waals surface area (Å²) in [7, 11) is -3.73. The Labute approximate surface area is 198 Å². The van der Waals surface area contributed by atoms with Crippen LogP contribution in [0.3, 0.4) is 0 Å². The van der Waals surface area contributed by atoms with Crippen molar-refractivity contribution < 1.29 is 17.6 Å². The average Bonchev–Trinajstić information content (AvgIpc) is 3.28. The highest BCUT2D eigenvalue weighted by atomic mass is 32.2. The molecule has 0 bridgehead atoms. The van der Waals surface area contributed by atoms with Gasteiger partial charge in [0.05, 0.1) is 17.6 Å². The van der Waals surface area contributed by atoms with Crippen molar-refractivity contribution in [3.63, 3.8) is 0 Å². The number of halogens is 1. The van der Waals surface area contributed by atoms with E-state index in [0.717, 1.165) is 50.0 Å². The molecular weight excluding hydrogens is 457 g/mol. The predicted molar refractivity (Wildman–Crippen MR) is 125 cm³/mol. The molecule has 1 saturated heterocycles. The maximum absolute atomic E-state index is 13.1. The Balaban J connectivity index is 1.22. The molecule has 2 N–H and O–H groups in total. The number of hydrogen-bond donors (Lipinski definition) is 1. The summed E-state index contributed by atoms with van der Waals surface area (Å²) >= 11 is 0. The molecule has 0 saturated carbocycles. The molecule has 0 spiro atoms. The molecule has 0 radical (unpaired) electrons. The number of nitrogens with two attached hydrogens (primary N) is 1. The number of aromatic nitrogens is 3. The van der Waals surface area contributed by atoms with Crippen LogP contribution in [0.25, 0.3) is 0 Å². The first-order valence-electron chi connectivity index (χ1n) is 11.3. The number of nitrogens with zero attached hydrogens (tertiary/aromatic N) is 4. The quantitative estimate of drug-likeness (QED) is 0.467. The third-order valence-corrected chi connectivity index (χ3v) is 7.13. The lowest BCUT2D eigenvalue weighted by Crippen LogP contribution is -2.33. The zero-order chi connectivity index (χ0) is 24.1. The number of benzene rings is 2. The summed E-state index contributed by atoms with van der Waals surface area (Å²) in [5.74, 6) is 0.260. The predicted octanol–water partition coefficient (Wildman–Crippen LogP) is 2.99. The van der Waals surface area contributed by atoms with Crippen molar-refractivity contribution >= 4 is 15.8 Å². The van der Waals surface area contributed by atoms with Gasteiger partial charge in [-0.25, -0.2) is 17.9 Å². The van der Waals surface area contributed by atoms with Gasteiger partial charge in [-0.2, -0.15) is 9.90 Å². The second kappa shape index (κ2) is 10.5. The minimum Gasteiger partial charge on any atom is -0.299 e. The Hall–Kier alpha value is -2.95. The number of hydrogen-bond acceptors (Lipinski definition) is 6. The van der Waals surface area contributed by atoms with Gasteiger partial charge in [-0.15, -0.1) is 5.10 Å². The van der Waals surface area contributed by atoms with Crippen LogP contribution in [0, 0.1) is 11.7 Å². The minimum atomic E-state index is -3.73. The number of piperidine rings is 1. The maximum atomic E-state index is 13.1. The highest BCUT2D eigenvalue weighted by Gasteiger charge is 2.21. The van der Waals surface area contributed by atoms with E-state index < -0.39 is 10.0 Å². The van der Waals surface area contributed by atoms with E-state index in [1.54, 1.807) is 12.1 Å². The van der Waals surface area contributed by atoms with Crippen LogP contribution in [0.1, 0.15) is 47.3 Å². The van der Waals surface area contributed by atoms with E-state index in [1.807, 2.05) is 12.1 Å². The Kier molecular flexibility index (Phi) is 7.50. The molecule has 4 rings (SSSR count). The lowest BCUT2D eigenvalue weighted by Gasteiger charge is -2.31. The fourth-order valence-corrected chi connectivity index (χ4v) is 4.71. The van der Waals surface area contributed by atoms with Gasteiger partial charge in [0.1, 0.15) is 11.5 Å². The Bertz CT molecular complexity index is 1220. The second-order valence-corrected chi connectivity index (χ2v) is 10.3. The van der Waals surface area contributed by atoms with Gasteiger partial charge >= 0.3 is 0 Å². The summed E-state index contributed by atoms with van der Waals surface area (Å²) in [5.41, 5.74) is 2.25.